The number of likely N-dealkylation sites (tertiary alicyclic amines) is 2. The summed E-state index contributed by atoms with van der Waals surface area (Å²) in [7, 11) is -3.65. The number of amides is 3. The second-order valence-electron chi connectivity index (χ2n) is 12.3. The summed E-state index contributed by atoms with van der Waals surface area (Å²) in [5.74, 6) is -0.325. The van der Waals surface area contributed by atoms with Crippen molar-refractivity contribution in [3.8, 4) is 0 Å². The second kappa shape index (κ2) is 15.0. The summed E-state index contributed by atoms with van der Waals surface area (Å²) >= 11 is 0. The maximum atomic E-state index is 13.5. The lowest BCUT2D eigenvalue weighted by Crippen LogP contribution is -2.54. The predicted molar refractivity (Wildman–Crippen MR) is 164 cm³/mol. The number of benzene rings is 1. The lowest BCUT2D eigenvalue weighted by molar-refractivity contribution is -0.139. The van der Waals surface area contributed by atoms with Crippen molar-refractivity contribution >= 4 is 33.7 Å². The summed E-state index contributed by atoms with van der Waals surface area (Å²) in [5, 5.41) is 3.03. The van der Waals surface area contributed by atoms with Crippen molar-refractivity contribution < 1.29 is 22.8 Å². The van der Waals surface area contributed by atoms with Gasteiger partial charge in [-0.25, -0.2) is 13.1 Å². The van der Waals surface area contributed by atoms with Gasteiger partial charge >= 0.3 is 0 Å². The number of guanidine groups is 1. The molecule has 0 bridgehead atoms. The topological polar surface area (TPSA) is 154 Å². The summed E-state index contributed by atoms with van der Waals surface area (Å²) in [4.78, 5) is 47.0. The lowest BCUT2D eigenvalue weighted by atomic mass is 9.86. The average Bonchev–Trinajstić information content (AvgIpc) is 3.44. The molecule has 0 radical (unpaired) electrons. The molecule has 0 spiro atoms. The van der Waals surface area contributed by atoms with E-state index >= 15 is 0 Å². The van der Waals surface area contributed by atoms with Crippen LogP contribution in [0.4, 0.5) is 0 Å². The molecule has 2 aliphatic heterocycles. The molecule has 0 aliphatic carbocycles. The van der Waals surface area contributed by atoms with E-state index in [9.17, 15) is 22.8 Å². The van der Waals surface area contributed by atoms with Crippen LogP contribution < -0.4 is 15.8 Å². The summed E-state index contributed by atoms with van der Waals surface area (Å²) in [6, 6.07) is 7.59. The third kappa shape index (κ3) is 9.79. The van der Waals surface area contributed by atoms with E-state index < -0.39 is 33.4 Å². The molecule has 0 unspecified atom stereocenters. The Labute approximate surface area is 250 Å². The van der Waals surface area contributed by atoms with Crippen LogP contribution in [0, 0.1) is 11.3 Å². The number of hydrogen-bond acceptors (Lipinski definition) is 5. The molecule has 1 aromatic rings. The van der Waals surface area contributed by atoms with Gasteiger partial charge in [-0.15, -0.1) is 0 Å². The van der Waals surface area contributed by atoms with Crippen molar-refractivity contribution in [1.82, 2.24) is 19.8 Å². The number of piperidine rings is 1. The van der Waals surface area contributed by atoms with Gasteiger partial charge in [-0.05, 0) is 50.0 Å². The number of sulfonamides is 1. The molecule has 2 saturated heterocycles. The number of nitrogens with zero attached hydrogens (tertiary/aromatic N) is 3. The van der Waals surface area contributed by atoms with Crippen molar-refractivity contribution in [1.29, 1.82) is 0 Å². The first-order valence-corrected chi connectivity index (χ1v) is 16.9. The normalized spacial score (nSPS) is 19.5. The van der Waals surface area contributed by atoms with Crippen molar-refractivity contribution in [2.45, 2.75) is 84.2 Å². The maximum Gasteiger partial charge on any atom is 0.254 e. The molecule has 2 atom stereocenters. The van der Waals surface area contributed by atoms with Gasteiger partial charge in [0.05, 0.1) is 6.26 Å². The molecule has 3 rings (SSSR count). The largest absolute Gasteiger partial charge is 0.369 e. The molecule has 3 amide bonds. The minimum Gasteiger partial charge on any atom is -0.369 e. The predicted octanol–water partition coefficient (Wildman–Crippen LogP) is 2.02. The van der Waals surface area contributed by atoms with Crippen LogP contribution in [-0.2, 0) is 30.8 Å². The number of rotatable bonds is 12. The van der Waals surface area contributed by atoms with Gasteiger partial charge in [-0.1, -0.05) is 63.9 Å². The summed E-state index contributed by atoms with van der Waals surface area (Å²) in [6.45, 7) is 8.06. The fraction of sp³-hybridized carbons (Fsp3) is 0.667. The molecule has 0 saturated carbocycles. The molecule has 234 valence electrons. The van der Waals surface area contributed by atoms with Crippen LogP contribution in [-0.4, -0.2) is 86.4 Å². The van der Waals surface area contributed by atoms with Crippen LogP contribution in [0.15, 0.2) is 35.3 Å². The summed E-state index contributed by atoms with van der Waals surface area (Å²) in [5.41, 5.74) is 6.47. The van der Waals surface area contributed by atoms with Gasteiger partial charge in [0.1, 0.15) is 12.1 Å². The van der Waals surface area contributed by atoms with Crippen molar-refractivity contribution in [3.63, 3.8) is 0 Å². The molecule has 42 heavy (non-hydrogen) atoms. The van der Waals surface area contributed by atoms with Crippen LogP contribution in [0.5, 0.6) is 0 Å². The molecule has 2 fully saturated rings. The Balaban J connectivity index is 1.53. The fourth-order valence-corrected chi connectivity index (χ4v) is 6.27. The van der Waals surface area contributed by atoms with Gasteiger partial charge in [-0.2, -0.15) is 4.99 Å². The van der Waals surface area contributed by atoms with E-state index in [4.69, 9.17) is 5.73 Å². The second-order valence-corrected chi connectivity index (χ2v) is 14.0. The highest BCUT2D eigenvalue weighted by Gasteiger charge is 2.38. The van der Waals surface area contributed by atoms with Gasteiger partial charge < -0.3 is 20.9 Å². The zero-order valence-corrected chi connectivity index (χ0v) is 26.3. The summed E-state index contributed by atoms with van der Waals surface area (Å²) < 4.78 is 26.6. The minimum atomic E-state index is -3.65. The average molecular weight is 605 g/mol. The number of carbonyl (C=O) groups excluding carboxylic acids is 3. The Morgan fingerprint density at radius 1 is 1.10 bits per heavy atom. The van der Waals surface area contributed by atoms with Crippen LogP contribution >= 0.6 is 0 Å². The SMILES string of the molecule is CCCCC(C)(C)C(=O)/N=C(/N)N1CCC(CNC(=O)[C@@H]2CCCN2C(=O)[C@@H](Cc2ccccc2)NS(C)(=O)=O)CC1. The number of carbonyl (C=O) groups is 3. The Hall–Kier alpha value is -2.99. The smallest absolute Gasteiger partial charge is 0.254 e. The third-order valence-corrected chi connectivity index (χ3v) is 8.94. The van der Waals surface area contributed by atoms with E-state index in [1.165, 1.54) is 4.90 Å². The zero-order valence-electron chi connectivity index (χ0n) is 25.5. The van der Waals surface area contributed by atoms with E-state index in [2.05, 4.69) is 22.0 Å². The molecule has 4 N–H and O–H groups in total. The number of aliphatic imine (C=N–C) groups is 1. The van der Waals surface area contributed by atoms with Crippen molar-refractivity contribution in [2.75, 3.05) is 32.4 Å². The minimum absolute atomic E-state index is 0.198. The molecular formula is C30H48N6O5S. The number of nitrogens with one attached hydrogen (secondary N) is 2. The highest BCUT2D eigenvalue weighted by Crippen LogP contribution is 2.26. The lowest BCUT2D eigenvalue weighted by Gasteiger charge is -2.33. The van der Waals surface area contributed by atoms with E-state index in [-0.39, 0.29) is 30.1 Å². The molecule has 2 heterocycles. The Bertz CT molecular complexity index is 1210. The highest BCUT2D eigenvalue weighted by molar-refractivity contribution is 7.88. The van der Waals surface area contributed by atoms with Crippen LogP contribution in [0.2, 0.25) is 0 Å². The van der Waals surface area contributed by atoms with Gasteiger partial charge in [0, 0.05) is 31.6 Å². The third-order valence-electron chi connectivity index (χ3n) is 8.23. The van der Waals surface area contributed by atoms with Crippen LogP contribution in [0.3, 0.4) is 0 Å². The van der Waals surface area contributed by atoms with Gasteiger partial charge in [0.2, 0.25) is 21.8 Å². The standard InChI is InChI=1S/C30H48N6O5S/c1-5-6-16-30(2,3)28(39)33-29(31)35-18-14-23(15-19-35)21-32-26(37)25-13-10-17-36(25)27(38)24(34-42(4,40)41)20-22-11-8-7-9-12-22/h7-9,11-12,23-25,34H,5-6,10,13-21H2,1-4H3,(H,32,37)(H2,31,33,39)/t24-,25+/m1/s1. The molecule has 1 aromatic carbocycles. The molecule has 12 heteroatoms. The van der Waals surface area contributed by atoms with E-state index in [1.807, 2.05) is 49.1 Å². The van der Waals surface area contributed by atoms with E-state index in [1.54, 1.807) is 0 Å². The van der Waals surface area contributed by atoms with Gasteiger partial charge in [0.25, 0.3) is 5.91 Å². The number of hydrogen-bond donors (Lipinski definition) is 3. The Morgan fingerprint density at radius 2 is 1.76 bits per heavy atom. The Morgan fingerprint density at radius 3 is 2.38 bits per heavy atom. The quantitative estimate of drug-likeness (QED) is 0.244. The van der Waals surface area contributed by atoms with Crippen LogP contribution in [0.25, 0.3) is 0 Å². The van der Waals surface area contributed by atoms with Crippen LogP contribution in [0.1, 0.15) is 71.3 Å². The first kappa shape index (κ1) is 33.5. The van der Waals surface area contributed by atoms with Crippen molar-refractivity contribution in [2.24, 2.45) is 22.1 Å². The molecule has 2 aliphatic rings. The summed E-state index contributed by atoms with van der Waals surface area (Å²) in [6.07, 6.45) is 6.76. The number of nitrogens with two attached hydrogens (primary N) is 1. The maximum absolute atomic E-state index is 13.5. The monoisotopic (exact) mass is 604 g/mol. The van der Waals surface area contributed by atoms with Crippen molar-refractivity contribution in [3.05, 3.63) is 35.9 Å². The Kier molecular flexibility index (Phi) is 11.9. The molecule has 11 nitrogen and oxygen atoms in total. The molecular weight excluding hydrogens is 556 g/mol. The first-order chi connectivity index (χ1) is 19.8. The van der Waals surface area contributed by atoms with Gasteiger partial charge in [0.15, 0.2) is 5.96 Å². The fourth-order valence-electron chi connectivity index (χ4n) is 5.57. The zero-order chi connectivity index (χ0) is 30.9. The molecule has 0 aromatic heterocycles. The number of unbranched alkanes of at least 4 members (excludes halogenated alkanes) is 1. The van der Waals surface area contributed by atoms with Gasteiger partial charge in [-0.3, -0.25) is 14.4 Å². The first-order valence-electron chi connectivity index (χ1n) is 15.0. The van der Waals surface area contributed by atoms with E-state index in [0.29, 0.717) is 39.0 Å². The van der Waals surface area contributed by atoms with E-state index in [0.717, 1.165) is 43.9 Å². The highest BCUT2D eigenvalue weighted by atomic mass is 32.2.